The van der Waals surface area contributed by atoms with Crippen molar-refractivity contribution in [2.75, 3.05) is 12.3 Å². The van der Waals surface area contributed by atoms with Gasteiger partial charge in [-0.15, -0.1) is 11.3 Å². The first-order valence-electron chi connectivity index (χ1n) is 6.24. The molecule has 6 nitrogen and oxygen atoms in total. The van der Waals surface area contributed by atoms with Gasteiger partial charge in [0.2, 0.25) is 0 Å². The monoisotopic (exact) mass is 277 g/mol. The predicted molar refractivity (Wildman–Crippen MR) is 73.1 cm³/mol. The van der Waals surface area contributed by atoms with Gasteiger partial charge in [0.25, 0.3) is 5.91 Å². The average Bonchev–Trinajstić information content (AvgIpc) is 2.96. The van der Waals surface area contributed by atoms with E-state index in [0.29, 0.717) is 23.8 Å². The molecule has 3 rings (SSSR count). The lowest BCUT2D eigenvalue weighted by atomic mass is 10.2. The van der Waals surface area contributed by atoms with Crippen LogP contribution >= 0.6 is 11.3 Å². The van der Waals surface area contributed by atoms with Crippen molar-refractivity contribution in [2.24, 2.45) is 0 Å². The van der Waals surface area contributed by atoms with Crippen LogP contribution in [0.2, 0.25) is 0 Å². The van der Waals surface area contributed by atoms with E-state index in [0.717, 1.165) is 30.7 Å². The second kappa shape index (κ2) is 5.00. The second-order valence-electron chi connectivity index (χ2n) is 4.66. The first kappa shape index (κ1) is 12.2. The third-order valence-corrected chi connectivity index (χ3v) is 3.82. The molecule has 0 spiro atoms. The molecule has 1 saturated carbocycles. The molecule has 2 aromatic rings. The molecule has 1 fully saturated rings. The van der Waals surface area contributed by atoms with Crippen LogP contribution in [-0.4, -0.2) is 27.6 Å². The molecule has 0 unspecified atom stereocenters. The minimum absolute atomic E-state index is 0.226. The van der Waals surface area contributed by atoms with Crippen LogP contribution in [-0.2, 0) is 6.42 Å². The van der Waals surface area contributed by atoms with Gasteiger partial charge in [-0.3, -0.25) is 9.89 Å². The molecular formula is C12H15N5OS. The SMILES string of the molecule is Nc1c(C(=O)NCCc2cscn2)n[nH]c1C1CC1. The first-order chi connectivity index (χ1) is 9.25. The van der Waals surface area contributed by atoms with Crippen LogP contribution < -0.4 is 11.1 Å². The quantitative estimate of drug-likeness (QED) is 0.767. The summed E-state index contributed by atoms with van der Waals surface area (Å²) in [5, 5.41) is 11.7. The number of nitrogens with zero attached hydrogens (tertiary/aromatic N) is 2. The Hall–Kier alpha value is -1.89. The summed E-state index contributed by atoms with van der Waals surface area (Å²) in [7, 11) is 0. The van der Waals surface area contributed by atoms with Crippen LogP contribution in [0.4, 0.5) is 5.69 Å². The van der Waals surface area contributed by atoms with E-state index in [4.69, 9.17) is 5.73 Å². The smallest absolute Gasteiger partial charge is 0.273 e. The zero-order chi connectivity index (χ0) is 13.2. The Labute approximate surface area is 114 Å². The number of anilines is 1. The van der Waals surface area contributed by atoms with Gasteiger partial charge in [-0.25, -0.2) is 4.98 Å². The van der Waals surface area contributed by atoms with Gasteiger partial charge in [0.15, 0.2) is 5.69 Å². The fourth-order valence-electron chi connectivity index (χ4n) is 1.97. The van der Waals surface area contributed by atoms with Crippen molar-refractivity contribution in [3.8, 4) is 0 Å². The van der Waals surface area contributed by atoms with E-state index in [2.05, 4.69) is 20.5 Å². The highest BCUT2D eigenvalue weighted by Gasteiger charge is 2.30. The van der Waals surface area contributed by atoms with Crippen LogP contribution in [0.15, 0.2) is 10.9 Å². The maximum absolute atomic E-state index is 12.0. The standard InChI is InChI=1S/C12H15N5OS/c13-9-10(7-1-2-7)16-17-11(9)12(18)14-4-3-8-5-19-6-15-8/h5-7H,1-4,13H2,(H,14,18)(H,16,17). The van der Waals surface area contributed by atoms with Crippen LogP contribution in [0.3, 0.4) is 0 Å². The van der Waals surface area contributed by atoms with Crippen molar-refractivity contribution in [3.05, 3.63) is 28.0 Å². The maximum atomic E-state index is 12.0. The average molecular weight is 277 g/mol. The van der Waals surface area contributed by atoms with Crippen LogP contribution in [0.25, 0.3) is 0 Å². The summed E-state index contributed by atoms with van der Waals surface area (Å²) in [6.07, 6.45) is 2.96. The molecule has 100 valence electrons. The number of H-pyrrole nitrogens is 1. The highest BCUT2D eigenvalue weighted by Crippen LogP contribution is 2.42. The Balaban J connectivity index is 1.57. The van der Waals surface area contributed by atoms with E-state index in [1.165, 1.54) is 0 Å². The molecule has 0 saturated heterocycles. The van der Waals surface area contributed by atoms with Crippen molar-refractivity contribution >= 4 is 22.9 Å². The van der Waals surface area contributed by atoms with Crippen molar-refractivity contribution in [3.63, 3.8) is 0 Å². The van der Waals surface area contributed by atoms with Crippen LogP contribution in [0.5, 0.6) is 0 Å². The normalized spacial score (nSPS) is 14.5. The molecule has 0 aliphatic heterocycles. The minimum Gasteiger partial charge on any atom is -0.395 e. The minimum atomic E-state index is -0.226. The zero-order valence-corrected chi connectivity index (χ0v) is 11.2. The van der Waals surface area contributed by atoms with Crippen molar-refractivity contribution in [1.82, 2.24) is 20.5 Å². The molecule has 1 amide bonds. The molecule has 1 aliphatic carbocycles. The summed E-state index contributed by atoms with van der Waals surface area (Å²) in [6.45, 7) is 0.535. The lowest BCUT2D eigenvalue weighted by Crippen LogP contribution is -2.26. The van der Waals surface area contributed by atoms with Crippen LogP contribution in [0, 0.1) is 0 Å². The number of thiazole rings is 1. The number of aromatic nitrogens is 3. The Morgan fingerprint density at radius 3 is 3.11 bits per heavy atom. The summed E-state index contributed by atoms with van der Waals surface area (Å²) in [5.74, 6) is 0.236. The topological polar surface area (TPSA) is 96.7 Å². The van der Waals surface area contributed by atoms with E-state index < -0.39 is 0 Å². The number of carbonyl (C=O) groups excluding carboxylic acids is 1. The Kier molecular flexibility index (Phi) is 3.20. The van der Waals surface area contributed by atoms with E-state index in [-0.39, 0.29) is 5.91 Å². The van der Waals surface area contributed by atoms with Gasteiger partial charge in [-0.05, 0) is 12.8 Å². The molecule has 19 heavy (non-hydrogen) atoms. The number of amides is 1. The number of rotatable bonds is 5. The van der Waals surface area contributed by atoms with Gasteiger partial charge in [0.1, 0.15) is 0 Å². The fraction of sp³-hybridized carbons (Fsp3) is 0.417. The van der Waals surface area contributed by atoms with Gasteiger partial charge >= 0.3 is 0 Å². The summed E-state index contributed by atoms with van der Waals surface area (Å²) in [4.78, 5) is 16.1. The number of nitrogens with two attached hydrogens (primary N) is 1. The lowest BCUT2D eigenvalue weighted by molar-refractivity contribution is 0.0950. The maximum Gasteiger partial charge on any atom is 0.273 e. The van der Waals surface area contributed by atoms with Gasteiger partial charge in [0, 0.05) is 24.3 Å². The van der Waals surface area contributed by atoms with Gasteiger partial charge in [-0.2, -0.15) is 5.10 Å². The van der Waals surface area contributed by atoms with Gasteiger partial charge < -0.3 is 11.1 Å². The molecular weight excluding hydrogens is 262 g/mol. The highest BCUT2D eigenvalue weighted by atomic mass is 32.1. The third kappa shape index (κ3) is 2.60. The molecule has 4 N–H and O–H groups in total. The largest absolute Gasteiger partial charge is 0.395 e. The zero-order valence-electron chi connectivity index (χ0n) is 10.3. The van der Waals surface area contributed by atoms with Crippen molar-refractivity contribution in [1.29, 1.82) is 0 Å². The van der Waals surface area contributed by atoms with Gasteiger partial charge in [-0.1, -0.05) is 0 Å². The third-order valence-electron chi connectivity index (χ3n) is 3.18. The number of nitrogen functional groups attached to an aromatic ring is 1. The summed E-state index contributed by atoms with van der Waals surface area (Å²) in [5.41, 5.74) is 10.4. The number of nitrogens with one attached hydrogen (secondary N) is 2. The second-order valence-corrected chi connectivity index (χ2v) is 5.38. The summed E-state index contributed by atoms with van der Waals surface area (Å²) in [6, 6.07) is 0. The summed E-state index contributed by atoms with van der Waals surface area (Å²) >= 11 is 1.55. The predicted octanol–water partition coefficient (Wildman–Crippen LogP) is 1.30. The molecule has 2 heterocycles. The van der Waals surface area contributed by atoms with E-state index >= 15 is 0 Å². The number of hydrogen-bond donors (Lipinski definition) is 3. The highest BCUT2D eigenvalue weighted by molar-refractivity contribution is 7.07. The molecule has 2 aromatic heterocycles. The Bertz CT molecular complexity index is 573. The van der Waals surface area contributed by atoms with E-state index in [1.54, 1.807) is 16.8 Å². The lowest BCUT2D eigenvalue weighted by Gasteiger charge is -2.02. The van der Waals surface area contributed by atoms with Crippen molar-refractivity contribution < 1.29 is 4.79 Å². The molecule has 0 aromatic carbocycles. The molecule has 0 bridgehead atoms. The Morgan fingerprint density at radius 1 is 1.58 bits per heavy atom. The Morgan fingerprint density at radius 2 is 2.42 bits per heavy atom. The summed E-state index contributed by atoms with van der Waals surface area (Å²) < 4.78 is 0. The molecule has 1 aliphatic rings. The van der Waals surface area contributed by atoms with Crippen LogP contribution in [0.1, 0.15) is 40.6 Å². The fourth-order valence-corrected chi connectivity index (χ4v) is 2.56. The number of aromatic amines is 1. The number of carbonyl (C=O) groups is 1. The molecule has 0 radical (unpaired) electrons. The van der Waals surface area contributed by atoms with E-state index in [9.17, 15) is 4.79 Å². The van der Waals surface area contributed by atoms with Crippen molar-refractivity contribution in [2.45, 2.75) is 25.2 Å². The molecule has 7 heteroatoms. The molecule has 0 atom stereocenters. The van der Waals surface area contributed by atoms with E-state index in [1.807, 2.05) is 5.38 Å². The first-order valence-corrected chi connectivity index (χ1v) is 7.19. The van der Waals surface area contributed by atoms with Gasteiger partial charge in [0.05, 0.1) is 22.6 Å². The number of hydrogen-bond acceptors (Lipinski definition) is 5.